The van der Waals surface area contributed by atoms with Crippen molar-refractivity contribution in [3.8, 4) is 5.75 Å². The smallest absolute Gasteiger partial charge is 0.320 e. The molecule has 216 valence electrons. The predicted molar refractivity (Wildman–Crippen MR) is 148 cm³/mol. The van der Waals surface area contributed by atoms with Gasteiger partial charge in [-0.25, -0.2) is 0 Å². The van der Waals surface area contributed by atoms with Crippen LogP contribution in [-0.4, -0.2) is 87.8 Å². The van der Waals surface area contributed by atoms with Gasteiger partial charge in [-0.05, 0) is 80.4 Å². The molecule has 0 bridgehead atoms. The highest BCUT2D eigenvalue weighted by Gasteiger charge is 2.43. The van der Waals surface area contributed by atoms with Crippen molar-refractivity contribution in [2.75, 3.05) is 19.8 Å². The standard InChI is InChI=1S/C29H40ClNO8/c1-4-38-20-8-6-18(21(14-20)19-7-10-23(29(36)37)31-15-19)13-17(3)22(30)9-5-16(2)28-27(35)26(34)25(33)24(39-28)11-12-32/h5-6,8-9,14,19,23-28,31-35H,2,4,7,10-13,15H2,1,3H3,(H,36,37)/b9-5-,22-17-/t19?,23-,24+,25+,26-,27+,28-/m0/s1. The van der Waals surface area contributed by atoms with E-state index in [1.807, 2.05) is 32.0 Å². The van der Waals surface area contributed by atoms with Crippen LogP contribution in [0.4, 0.5) is 0 Å². The minimum absolute atomic E-state index is 0.107. The third-order valence-corrected chi connectivity index (χ3v) is 7.83. The van der Waals surface area contributed by atoms with Gasteiger partial charge >= 0.3 is 5.97 Å². The van der Waals surface area contributed by atoms with Crippen molar-refractivity contribution in [3.05, 3.63) is 64.2 Å². The number of aliphatic hydroxyl groups is 4. The van der Waals surface area contributed by atoms with Crippen molar-refractivity contribution in [1.29, 1.82) is 0 Å². The van der Waals surface area contributed by atoms with Crippen molar-refractivity contribution in [2.45, 2.75) is 82.0 Å². The van der Waals surface area contributed by atoms with Crippen molar-refractivity contribution < 1.29 is 39.8 Å². The van der Waals surface area contributed by atoms with Gasteiger partial charge in [-0.2, -0.15) is 0 Å². The summed E-state index contributed by atoms with van der Waals surface area (Å²) in [5, 5.41) is 52.9. The monoisotopic (exact) mass is 565 g/mol. The molecule has 3 rings (SSSR count). The van der Waals surface area contributed by atoms with E-state index in [-0.39, 0.29) is 18.9 Å². The minimum Gasteiger partial charge on any atom is -0.494 e. The first-order valence-corrected chi connectivity index (χ1v) is 13.7. The zero-order valence-electron chi connectivity index (χ0n) is 22.4. The van der Waals surface area contributed by atoms with Crippen LogP contribution in [0.2, 0.25) is 0 Å². The van der Waals surface area contributed by atoms with Crippen molar-refractivity contribution >= 4 is 17.6 Å². The number of piperidine rings is 1. The number of aliphatic carboxylic acids is 1. The van der Waals surface area contributed by atoms with Gasteiger partial charge in [0.25, 0.3) is 0 Å². The van der Waals surface area contributed by atoms with Gasteiger partial charge in [0.1, 0.15) is 36.2 Å². The molecule has 0 amide bonds. The maximum atomic E-state index is 11.4. The molecule has 7 atom stereocenters. The molecule has 0 aliphatic carbocycles. The first kappa shape index (κ1) is 31.3. The molecular weight excluding hydrogens is 526 g/mol. The summed E-state index contributed by atoms with van der Waals surface area (Å²) in [7, 11) is 0. The van der Waals surface area contributed by atoms with Crippen LogP contribution >= 0.6 is 11.6 Å². The van der Waals surface area contributed by atoms with Crippen LogP contribution in [0.1, 0.15) is 50.2 Å². The van der Waals surface area contributed by atoms with E-state index in [0.717, 1.165) is 28.9 Å². The molecule has 0 spiro atoms. The van der Waals surface area contributed by atoms with E-state index in [4.69, 9.17) is 21.1 Å². The Morgan fingerprint density at radius 2 is 1.95 bits per heavy atom. The third kappa shape index (κ3) is 7.91. The van der Waals surface area contributed by atoms with Crippen LogP contribution in [0.25, 0.3) is 0 Å². The maximum absolute atomic E-state index is 11.4. The Morgan fingerprint density at radius 1 is 1.21 bits per heavy atom. The second kappa shape index (κ2) is 14.4. The van der Waals surface area contributed by atoms with Gasteiger partial charge in [0.15, 0.2) is 0 Å². The highest BCUT2D eigenvalue weighted by Crippen LogP contribution is 2.33. The van der Waals surface area contributed by atoms with Crippen LogP contribution in [0, 0.1) is 0 Å². The molecule has 2 fully saturated rings. The van der Waals surface area contributed by atoms with Gasteiger partial charge in [0.05, 0.1) is 12.7 Å². The number of hydrogen-bond acceptors (Lipinski definition) is 8. The summed E-state index contributed by atoms with van der Waals surface area (Å²) in [4.78, 5) is 11.4. The number of aliphatic hydroxyl groups excluding tert-OH is 4. The van der Waals surface area contributed by atoms with Crippen molar-refractivity contribution in [2.24, 2.45) is 0 Å². The minimum atomic E-state index is -1.43. The van der Waals surface area contributed by atoms with Gasteiger partial charge in [-0.3, -0.25) is 4.79 Å². The molecule has 1 aromatic carbocycles. The molecule has 2 heterocycles. The molecule has 1 aromatic rings. The van der Waals surface area contributed by atoms with Gasteiger partial charge in [0, 0.05) is 18.2 Å². The lowest BCUT2D eigenvalue weighted by Gasteiger charge is -2.41. The van der Waals surface area contributed by atoms with Gasteiger partial charge in [-0.1, -0.05) is 35.9 Å². The second-order valence-corrected chi connectivity index (χ2v) is 10.6. The van der Waals surface area contributed by atoms with E-state index in [1.165, 1.54) is 0 Å². The van der Waals surface area contributed by atoms with Crippen LogP contribution in [-0.2, 0) is 16.0 Å². The number of rotatable bonds is 11. The van der Waals surface area contributed by atoms with Gasteiger partial charge < -0.3 is 40.3 Å². The van der Waals surface area contributed by atoms with E-state index in [1.54, 1.807) is 12.2 Å². The summed E-state index contributed by atoms with van der Waals surface area (Å²) in [5.74, 6) is 0.0614. The summed E-state index contributed by atoms with van der Waals surface area (Å²) in [5.41, 5.74) is 3.41. The van der Waals surface area contributed by atoms with Crippen LogP contribution in [0.5, 0.6) is 5.75 Å². The molecule has 39 heavy (non-hydrogen) atoms. The molecule has 6 N–H and O–H groups in total. The lowest BCUT2D eigenvalue weighted by molar-refractivity contribution is -0.213. The second-order valence-electron chi connectivity index (χ2n) is 10.2. The summed E-state index contributed by atoms with van der Waals surface area (Å²) >= 11 is 6.63. The Bertz CT molecular complexity index is 1070. The summed E-state index contributed by atoms with van der Waals surface area (Å²) in [6.45, 7) is 8.64. The largest absolute Gasteiger partial charge is 0.494 e. The molecule has 1 unspecified atom stereocenters. The lowest BCUT2D eigenvalue weighted by atomic mass is 9.84. The fourth-order valence-corrected chi connectivity index (χ4v) is 5.24. The van der Waals surface area contributed by atoms with Crippen LogP contribution in [0.15, 0.2) is 53.1 Å². The normalized spacial score (nSPS) is 30.2. The molecular formula is C29H40ClNO8. The van der Waals surface area contributed by atoms with E-state index in [0.29, 0.717) is 36.6 Å². The lowest BCUT2D eigenvalue weighted by Crippen LogP contribution is -2.57. The van der Waals surface area contributed by atoms with Crippen LogP contribution < -0.4 is 10.1 Å². The molecule has 2 aliphatic heterocycles. The number of ether oxygens (including phenoxy) is 2. The summed E-state index contributed by atoms with van der Waals surface area (Å²) in [6.07, 6.45) is -0.729. The van der Waals surface area contributed by atoms with Gasteiger partial charge in [0.2, 0.25) is 0 Å². The zero-order valence-corrected chi connectivity index (χ0v) is 23.2. The third-order valence-electron chi connectivity index (χ3n) is 7.38. The van der Waals surface area contributed by atoms with E-state index < -0.39 is 42.5 Å². The number of carboxylic acid groups (broad SMARTS) is 1. The van der Waals surface area contributed by atoms with Crippen molar-refractivity contribution in [1.82, 2.24) is 5.32 Å². The summed E-state index contributed by atoms with van der Waals surface area (Å²) in [6, 6.07) is 5.42. The molecule has 9 nitrogen and oxygen atoms in total. The molecule has 2 saturated heterocycles. The molecule has 0 saturated carbocycles. The highest BCUT2D eigenvalue weighted by atomic mass is 35.5. The number of benzene rings is 1. The Labute approximate surface area is 234 Å². The first-order valence-electron chi connectivity index (χ1n) is 13.3. The molecule has 2 aliphatic rings. The van der Waals surface area contributed by atoms with E-state index >= 15 is 0 Å². The summed E-state index contributed by atoms with van der Waals surface area (Å²) < 4.78 is 11.4. The Kier molecular flexibility index (Phi) is 11.6. The SMILES string of the molecule is C=C(/C=C\C(Cl)=C(/C)Cc1ccc(OCC)cc1C1CC[C@@H](C(=O)O)NC1)[C@@H]1O[C@H](CCO)[C@@H](O)[C@H](O)[C@H]1O. The number of nitrogens with one attached hydrogen (secondary N) is 1. The van der Waals surface area contributed by atoms with E-state index in [9.17, 15) is 30.3 Å². The number of carboxylic acids is 1. The Balaban J connectivity index is 1.76. The molecule has 0 radical (unpaired) electrons. The fraction of sp³-hybridized carbons (Fsp3) is 0.552. The molecule has 10 heteroatoms. The first-order chi connectivity index (χ1) is 18.6. The topological polar surface area (TPSA) is 149 Å². The predicted octanol–water partition coefficient (Wildman–Crippen LogP) is 2.41. The van der Waals surface area contributed by atoms with Crippen LogP contribution in [0.3, 0.4) is 0 Å². The maximum Gasteiger partial charge on any atom is 0.320 e. The Hall–Kier alpha value is -2.24. The van der Waals surface area contributed by atoms with Gasteiger partial charge in [-0.15, -0.1) is 0 Å². The average Bonchev–Trinajstić information content (AvgIpc) is 2.92. The average molecular weight is 566 g/mol. The fourth-order valence-electron chi connectivity index (χ4n) is 5.11. The Morgan fingerprint density at radius 3 is 2.56 bits per heavy atom. The number of halogens is 1. The number of carbonyl (C=O) groups is 1. The number of hydrogen-bond donors (Lipinski definition) is 6. The highest BCUT2D eigenvalue weighted by molar-refractivity contribution is 6.31. The van der Waals surface area contributed by atoms with E-state index in [2.05, 4.69) is 11.9 Å². The van der Waals surface area contributed by atoms with Crippen molar-refractivity contribution in [3.63, 3.8) is 0 Å². The quantitative estimate of drug-likeness (QED) is 0.222. The number of allylic oxidation sites excluding steroid dienone is 3. The zero-order chi connectivity index (χ0) is 28.7. The molecule has 0 aromatic heterocycles.